The van der Waals surface area contributed by atoms with E-state index in [9.17, 15) is 5.11 Å². The third-order valence-electron chi connectivity index (χ3n) is 4.37. The highest BCUT2D eigenvalue weighted by Crippen LogP contribution is 2.28. The molecule has 0 aliphatic carbocycles. The van der Waals surface area contributed by atoms with Crippen LogP contribution in [-0.2, 0) is 6.42 Å². The molecule has 1 aromatic carbocycles. The SMILES string of the molecule is C=CCc1ccc(OCC(O)C[NH+]2CC[NH+](C)CC2)c(OC)c1. The minimum atomic E-state index is -0.457. The average molecular weight is 322 g/mol. The molecule has 3 N–H and O–H groups in total. The Bertz CT molecular complexity index is 499. The lowest BCUT2D eigenvalue weighted by atomic mass is 10.1. The Labute approximate surface area is 139 Å². The van der Waals surface area contributed by atoms with Crippen molar-refractivity contribution < 1.29 is 24.4 Å². The monoisotopic (exact) mass is 322 g/mol. The standard InChI is InChI=1S/C18H28N2O3/c1-4-5-15-6-7-17(18(12-15)22-3)23-14-16(21)13-20-10-8-19(2)9-11-20/h4,6-7,12,16,21H,1,5,8-11,13-14H2,2-3H3/p+2. The Morgan fingerprint density at radius 1 is 1.26 bits per heavy atom. The van der Waals surface area contributed by atoms with E-state index in [2.05, 4.69) is 13.6 Å². The van der Waals surface area contributed by atoms with Gasteiger partial charge in [-0.05, 0) is 24.1 Å². The zero-order valence-electron chi connectivity index (χ0n) is 14.3. The number of aliphatic hydroxyl groups is 1. The van der Waals surface area contributed by atoms with Crippen LogP contribution in [0.1, 0.15) is 5.56 Å². The normalized spacial score (nSPS) is 22.4. The lowest BCUT2D eigenvalue weighted by Crippen LogP contribution is -3.27. The van der Waals surface area contributed by atoms with Crippen LogP contribution in [0.2, 0.25) is 0 Å². The van der Waals surface area contributed by atoms with Gasteiger partial charge in [0, 0.05) is 0 Å². The van der Waals surface area contributed by atoms with Crippen LogP contribution in [0, 0.1) is 0 Å². The molecule has 1 aliphatic rings. The second kappa shape index (κ2) is 8.91. The zero-order chi connectivity index (χ0) is 16.7. The molecule has 1 atom stereocenters. The first-order chi connectivity index (χ1) is 11.1. The highest BCUT2D eigenvalue weighted by atomic mass is 16.5. The van der Waals surface area contributed by atoms with Gasteiger partial charge in [-0.3, -0.25) is 0 Å². The summed E-state index contributed by atoms with van der Waals surface area (Å²) in [7, 11) is 3.85. The largest absolute Gasteiger partial charge is 0.493 e. The van der Waals surface area contributed by atoms with Crippen LogP contribution in [0.5, 0.6) is 11.5 Å². The summed E-state index contributed by atoms with van der Waals surface area (Å²) in [6.07, 6.45) is 2.20. The molecule has 0 saturated carbocycles. The summed E-state index contributed by atoms with van der Waals surface area (Å²) in [5.74, 6) is 1.38. The van der Waals surface area contributed by atoms with Crippen LogP contribution in [-0.4, -0.2) is 64.7 Å². The van der Waals surface area contributed by atoms with E-state index in [4.69, 9.17) is 9.47 Å². The average Bonchev–Trinajstić information content (AvgIpc) is 2.56. The number of piperazine rings is 1. The summed E-state index contributed by atoms with van der Waals surface area (Å²) in [5, 5.41) is 10.2. The zero-order valence-corrected chi connectivity index (χ0v) is 14.3. The van der Waals surface area contributed by atoms with Crippen molar-refractivity contribution in [2.24, 2.45) is 0 Å². The fraction of sp³-hybridized carbons (Fsp3) is 0.556. The number of ether oxygens (including phenoxy) is 2. The predicted octanol–water partition coefficient (Wildman–Crippen LogP) is -1.42. The summed E-state index contributed by atoms with van der Waals surface area (Å²) < 4.78 is 11.1. The number of allylic oxidation sites excluding steroid dienone is 1. The van der Waals surface area contributed by atoms with Gasteiger partial charge in [0.2, 0.25) is 0 Å². The lowest BCUT2D eigenvalue weighted by molar-refractivity contribution is -1.00. The molecule has 0 radical (unpaired) electrons. The Hall–Kier alpha value is -1.56. The van der Waals surface area contributed by atoms with Gasteiger partial charge in [0.1, 0.15) is 45.4 Å². The molecule has 1 aromatic rings. The molecule has 1 fully saturated rings. The van der Waals surface area contributed by atoms with Gasteiger partial charge in [-0.25, -0.2) is 0 Å². The van der Waals surface area contributed by atoms with E-state index in [1.165, 1.54) is 18.0 Å². The number of aliphatic hydroxyl groups excluding tert-OH is 1. The number of benzene rings is 1. The van der Waals surface area contributed by atoms with Gasteiger partial charge in [-0.15, -0.1) is 6.58 Å². The van der Waals surface area contributed by atoms with Gasteiger partial charge < -0.3 is 24.4 Å². The predicted molar refractivity (Wildman–Crippen MR) is 90.6 cm³/mol. The van der Waals surface area contributed by atoms with Crippen molar-refractivity contribution in [2.75, 3.05) is 53.5 Å². The van der Waals surface area contributed by atoms with Crippen LogP contribution in [0.4, 0.5) is 0 Å². The second-order valence-corrected chi connectivity index (χ2v) is 6.35. The molecule has 1 heterocycles. The van der Waals surface area contributed by atoms with Crippen LogP contribution in [0.15, 0.2) is 30.9 Å². The number of nitrogens with one attached hydrogen (secondary N) is 2. The number of quaternary nitrogens is 2. The van der Waals surface area contributed by atoms with Gasteiger partial charge >= 0.3 is 0 Å². The van der Waals surface area contributed by atoms with Crippen LogP contribution < -0.4 is 19.3 Å². The minimum absolute atomic E-state index is 0.295. The molecule has 23 heavy (non-hydrogen) atoms. The third-order valence-corrected chi connectivity index (χ3v) is 4.37. The van der Waals surface area contributed by atoms with Gasteiger partial charge in [-0.2, -0.15) is 0 Å². The maximum Gasteiger partial charge on any atom is 0.161 e. The van der Waals surface area contributed by atoms with E-state index in [0.717, 1.165) is 31.6 Å². The second-order valence-electron chi connectivity index (χ2n) is 6.35. The summed E-state index contributed by atoms with van der Waals surface area (Å²) >= 11 is 0. The molecule has 5 heteroatoms. The maximum absolute atomic E-state index is 10.2. The Morgan fingerprint density at radius 3 is 2.65 bits per heavy atom. The van der Waals surface area contributed by atoms with Crippen molar-refractivity contribution in [3.63, 3.8) is 0 Å². The number of hydrogen-bond acceptors (Lipinski definition) is 3. The van der Waals surface area contributed by atoms with Gasteiger partial charge in [-0.1, -0.05) is 12.1 Å². The molecule has 1 unspecified atom stereocenters. The summed E-state index contributed by atoms with van der Waals surface area (Å²) in [4.78, 5) is 3.03. The van der Waals surface area contributed by atoms with Crippen molar-refractivity contribution in [3.8, 4) is 11.5 Å². The molecule has 1 aliphatic heterocycles. The maximum atomic E-state index is 10.2. The first kappa shape index (κ1) is 17.8. The van der Waals surface area contributed by atoms with Gasteiger partial charge in [0.25, 0.3) is 0 Å². The Morgan fingerprint density at radius 2 is 2.00 bits per heavy atom. The van der Waals surface area contributed by atoms with E-state index in [1.807, 2.05) is 24.3 Å². The number of hydrogen-bond donors (Lipinski definition) is 3. The number of likely N-dealkylation sites (N-methyl/N-ethyl adjacent to an activating group) is 1. The van der Waals surface area contributed by atoms with Crippen LogP contribution in [0.25, 0.3) is 0 Å². The van der Waals surface area contributed by atoms with Gasteiger partial charge in [0.15, 0.2) is 11.5 Å². The molecule has 0 spiro atoms. The molecular weight excluding hydrogens is 292 g/mol. The number of rotatable bonds is 8. The lowest BCUT2D eigenvalue weighted by Gasteiger charge is -2.28. The van der Waals surface area contributed by atoms with Gasteiger partial charge in [0.05, 0.1) is 14.2 Å². The van der Waals surface area contributed by atoms with E-state index >= 15 is 0 Å². The molecule has 1 saturated heterocycles. The molecule has 2 rings (SSSR count). The van der Waals surface area contributed by atoms with E-state index in [0.29, 0.717) is 18.1 Å². The van der Waals surface area contributed by atoms with E-state index < -0.39 is 6.10 Å². The molecule has 0 aromatic heterocycles. The fourth-order valence-electron chi connectivity index (χ4n) is 2.94. The molecule has 0 bridgehead atoms. The van der Waals surface area contributed by atoms with Crippen molar-refractivity contribution >= 4 is 0 Å². The summed E-state index contributed by atoms with van der Waals surface area (Å²) in [5.41, 5.74) is 1.13. The highest BCUT2D eigenvalue weighted by molar-refractivity contribution is 5.43. The molecule has 5 nitrogen and oxygen atoms in total. The quantitative estimate of drug-likeness (QED) is 0.515. The molecule has 128 valence electrons. The minimum Gasteiger partial charge on any atom is -0.493 e. The summed E-state index contributed by atoms with van der Waals surface area (Å²) in [6.45, 7) is 9.34. The summed E-state index contributed by atoms with van der Waals surface area (Å²) in [6, 6.07) is 5.86. The van der Waals surface area contributed by atoms with E-state index in [1.54, 1.807) is 12.0 Å². The Kier molecular flexibility index (Phi) is 6.89. The highest BCUT2D eigenvalue weighted by Gasteiger charge is 2.23. The van der Waals surface area contributed by atoms with Crippen LogP contribution in [0.3, 0.4) is 0 Å². The van der Waals surface area contributed by atoms with Crippen molar-refractivity contribution in [3.05, 3.63) is 36.4 Å². The van der Waals surface area contributed by atoms with Crippen molar-refractivity contribution in [2.45, 2.75) is 12.5 Å². The Balaban J connectivity index is 1.83. The fourth-order valence-corrected chi connectivity index (χ4v) is 2.94. The molecular formula is C18H30N2O3+2. The van der Waals surface area contributed by atoms with E-state index in [-0.39, 0.29) is 0 Å². The third kappa shape index (κ3) is 5.53. The first-order valence-electron chi connectivity index (χ1n) is 8.36. The smallest absolute Gasteiger partial charge is 0.161 e. The molecule has 0 amide bonds. The number of methoxy groups -OCH3 is 1. The van der Waals surface area contributed by atoms with Crippen molar-refractivity contribution in [1.29, 1.82) is 0 Å². The van der Waals surface area contributed by atoms with Crippen molar-refractivity contribution in [1.82, 2.24) is 0 Å². The van der Waals surface area contributed by atoms with Crippen LogP contribution >= 0.6 is 0 Å². The first-order valence-corrected chi connectivity index (χ1v) is 8.36. The topological polar surface area (TPSA) is 47.6 Å².